The maximum atomic E-state index is 12.8. The lowest BCUT2D eigenvalue weighted by Crippen LogP contribution is -2.54. The number of hydrogen-bond acceptors (Lipinski definition) is 6. The zero-order valence-electron chi connectivity index (χ0n) is 20.1. The van der Waals surface area contributed by atoms with Crippen LogP contribution in [0.1, 0.15) is 30.9 Å². The third-order valence-electron chi connectivity index (χ3n) is 6.30. The second-order valence-corrected chi connectivity index (χ2v) is 10.6. The smallest absolute Gasteiger partial charge is 0.390 e. The van der Waals surface area contributed by atoms with Crippen molar-refractivity contribution in [1.29, 1.82) is 0 Å². The van der Waals surface area contributed by atoms with E-state index in [2.05, 4.69) is 10.3 Å². The highest BCUT2D eigenvalue weighted by atomic mass is 31.2. The van der Waals surface area contributed by atoms with Gasteiger partial charge in [-0.15, -0.1) is 0 Å². The minimum Gasteiger partial charge on any atom is -0.479 e. The van der Waals surface area contributed by atoms with Crippen LogP contribution < -0.4 is 11.1 Å². The highest BCUT2D eigenvalue weighted by Gasteiger charge is 2.43. The molecule has 0 spiro atoms. The van der Waals surface area contributed by atoms with Crippen LogP contribution in [0.2, 0.25) is 0 Å². The number of carbonyl (C=O) groups excluding carboxylic acids is 1. The van der Waals surface area contributed by atoms with Crippen molar-refractivity contribution >= 4 is 30.2 Å². The summed E-state index contributed by atoms with van der Waals surface area (Å²) in [5.41, 5.74) is 7.10. The standard InChI is InChI=1S/C24H32N3O8P/c1-12-4-5-17-9-15(6-7-16(17)8-12)13(2)23(31)27-24(25)26-18-10-20(36(32,33)34)35-22(14(18)3)21(30)19(29)11-28/h4-10,13-14,18-19,21-22,28-30H,11H2,1-3H3,(H2,32,33,34)(H3,25,26,27,31)/t13-,14+,18-,19+,21+,22+/m0/s1. The third-order valence-corrected chi connectivity index (χ3v) is 7.13. The molecule has 3 rings (SSSR count). The third kappa shape index (κ3) is 6.31. The summed E-state index contributed by atoms with van der Waals surface area (Å²) in [5.74, 6) is -2.13. The van der Waals surface area contributed by atoms with Crippen LogP contribution in [-0.2, 0) is 14.1 Å². The number of aryl methyl sites for hydroxylation is 1. The molecular formula is C24H32N3O8P. The Morgan fingerprint density at radius 1 is 1.19 bits per heavy atom. The molecule has 2 aromatic carbocycles. The largest absolute Gasteiger partial charge is 0.479 e. The molecule has 0 aromatic heterocycles. The predicted molar refractivity (Wildman–Crippen MR) is 134 cm³/mol. The van der Waals surface area contributed by atoms with Gasteiger partial charge in [0, 0.05) is 5.92 Å². The molecule has 0 fully saturated rings. The number of nitrogens with zero attached hydrogens (tertiary/aromatic N) is 1. The van der Waals surface area contributed by atoms with Crippen LogP contribution in [0.3, 0.4) is 0 Å². The van der Waals surface area contributed by atoms with Gasteiger partial charge in [0.1, 0.15) is 18.3 Å². The van der Waals surface area contributed by atoms with Crippen LogP contribution >= 0.6 is 7.60 Å². The summed E-state index contributed by atoms with van der Waals surface area (Å²) in [7, 11) is -4.87. The average Bonchev–Trinajstić information content (AvgIpc) is 2.82. The SMILES string of the molecule is Cc1ccc2cc([C@H](C)C(=O)/N=C(/N)N[C@H]3C=C(P(=O)(O)O)O[C@@H]([C@H](O)[C@H](O)CO)[C@@H]3C)ccc2c1. The summed E-state index contributed by atoms with van der Waals surface area (Å²) in [6.07, 6.45) is -3.45. The van der Waals surface area contributed by atoms with Gasteiger partial charge in [-0.25, -0.2) is 0 Å². The lowest BCUT2D eigenvalue weighted by Gasteiger charge is -2.39. The molecule has 12 heteroatoms. The van der Waals surface area contributed by atoms with Crippen molar-refractivity contribution in [3.8, 4) is 0 Å². The van der Waals surface area contributed by atoms with E-state index in [9.17, 15) is 29.4 Å². The second kappa shape index (κ2) is 11.1. The average molecular weight is 522 g/mol. The Labute approximate surface area is 208 Å². The van der Waals surface area contributed by atoms with Gasteiger partial charge in [-0.1, -0.05) is 48.9 Å². The van der Waals surface area contributed by atoms with Crippen LogP contribution in [0.15, 0.2) is 53.0 Å². The lowest BCUT2D eigenvalue weighted by atomic mass is 9.88. The molecular weight excluding hydrogens is 489 g/mol. The number of nitrogens with two attached hydrogens (primary N) is 1. The van der Waals surface area contributed by atoms with Crippen LogP contribution in [0.25, 0.3) is 10.8 Å². The van der Waals surface area contributed by atoms with Crippen molar-refractivity contribution in [3.05, 3.63) is 59.1 Å². The van der Waals surface area contributed by atoms with Crippen molar-refractivity contribution in [2.75, 3.05) is 6.61 Å². The molecule has 196 valence electrons. The number of aliphatic hydroxyl groups is 3. The number of fused-ring (bicyclic) bond motifs is 1. The van der Waals surface area contributed by atoms with E-state index in [1.54, 1.807) is 13.8 Å². The van der Waals surface area contributed by atoms with E-state index in [1.807, 2.05) is 43.3 Å². The number of hydrogen-bond donors (Lipinski definition) is 7. The van der Waals surface area contributed by atoms with Crippen molar-refractivity contribution in [2.24, 2.45) is 16.6 Å². The number of nitrogens with one attached hydrogen (secondary N) is 1. The maximum Gasteiger partial charge on any atom is 0.390 e. The van der Waals surface area contributed by atoms with Crippen LogP contribution in [0.5, 0.6) is 0 Å². The minimum atomic E-state index is -4.87. The van der Waals surface area contributed by atoms with Crippen molar-refractivity contribution in [2.45, 2.75) is 51.0 Å². The quantitative estimate of drug-likeness (QED) is 0.156. The van der Waals surface area contributed by atoms with E-state index < -0.39 is 61.8 Å². The van der Waals surface area contributed by atoms with E-state index >= 15 is 0 Å². The molecule has 1 aliphatic heterocycles. The van der Waals surface area contributed by atoms with Gasteiger partial charge in [0.05, 0.1) is 18.6 Å². The summed E-state index contributed by atoms with van der Waals surface area (Å²) in [5, 5.41) is 34.1. The Hall–Kier alpha value is -2.79. The van der Waals surface area contributed by atoms with Gasteiger partial charge in [0.25, 0.3) is 5.91 Å². The van der Waals surface area contributed by atoms with Crippen LogP contribution in [0, 0.1) is 12.8 Å². The first-order chi connectivity index (χ1) is 16.8. The first kappa shape index (κ1) is 27.8. The van der Waals surface area contributed by atoms with Gasteiger partial charge in [0.2, 0.25) is 5.50 Å². The fraction of sp³-hybridized carbons (Fsp3) is 0.417. The number of aliphatic imine (C=N–C) groups is 1. The van der Waals surface area contributed by atoms with Crippen LogP contribution in [0.4, 0.5) is 0 Å². The molecule has 1 amide bonds. The Morgan fingerprint density at radius 2 is 1.83 bits per heavy atom. The van der Waals surface area contributed by atoms with Crippen molar-refractivity contribution < 1.29 is 39.2 Å². The van der Waals surface area contributed by atoms with Gasteiger partial charge >= 0.3 is 7.60 Å². The monoisotopic (exact) mass is 521 g/mol. The number of guanidine groups is 1. The molecule has 0 bridgehead atoms. The zero-order chi connectivity index (χ0) is 26.8. The topological polar surface area (TPSA) is 195 Å². The normalized spacial score (nSPS) is 23.4. The number of amides is 1. The highest BCUT2D eigenvalue weighted by Crippen LogP contribution is 2.49. The summed E-state index contributed by atoms with van der Waals surface area (Å²) in [4.78, 5) is 35.9. The first-order valence-corrected chi connectivity index (χ1v) is 13.0. The highest BCUT2D eigenvalue weighted by molar-refractivity contribution is 7.56. The number of carbonyl (C=O) groups is 1. The molecule has 8 N–H and O–H groups in total. The zero-order valence-corrected chi connectivity index (χ0v) is 21.0. The van der Waals surface area contributed by atoms with E-state index in [0.717, 1.165) is 28.0 Å². The van der Waals surface area contributed by atoms with E-state index in [4.69, 9.17) is 15.6 Å². The minimum absolute atomic E-state index is 0.292. The van der Waals surface area contributed by atoms with Crippen molar-refractivity contribution in [3.63, 3.8) is 0 Å². The van der Waals surface area contributed by atoms with Crippen LogP contribution in [-0.4, -0.2) is 67.9 Å². The molecule has 6 atom stereocenters. The Morgan fingerprint density at radius 3 is 2.47 bits per heavy atom. The lowest BCUT2D eigenvalue weighted by molar-refractivity contribution is -0.118. The van der Waals surface area contributed by atoms with Crippen molar-refractivity contribution in [1.82, 2.24) is 5.32 Å². The molecule has 11 nitrogen and oxygen atoms in total. The number of rotatable bonds is 7. The molecule has 36 heavy (non-hydrogen) atoms. The van der Waals surface area contributed by atoms with E-state index in [-0.39, 0.29) is 5.96 Å². The molecule has 1 heterocycles. The van der Waals surface area contributed by atoms with Gasteiger partial charge in [-0.2, -0.15) is 4.99 Å². The Balaban J connectivity index is 1.81. The summed E-state index contributed by atoms with van der Waals surface area (Å²) < 4.78 is 17.1. The maximum absolute atomic E-state index is 12.8. The molecule has 0 aliphatic carbocycles. The molecule has 1 aliphatic rings. The fourth-order valence-corrected chi connectivity index (χ4v) is 4.67. The summed E-state index contributed by atoms with van der Waals surface area (Å²) in [6.45, 7) is 4.49. The fourth-order valence-electron chi connectivity index (χ4n) is 4.06. The molecule has 0 saturated heterocycles. The summed E-state index contributed by atoms with van der Waals surface area (Å²) >= 11 is 0. The molecule has 0 saturated carbocycles. The Bertz CT molecular complexity index is 1230. The van der Waals surface area contributed by atoms with Gasteiger partial charge in [-0.05, 0) is 36.3 Å². The van der Waals surface area contributed by atoms with E-state index in [0.29, 0.717) is 0 Å². The number of benzene rings is 2. The first-order valence-electron chi connectivity index (χ1n) is 11.4. The number of aliphatic hydroxyl groups excluding tert-OH is 3. The molecule has 2 aromatic rings. The van der Waals surface area contributed by atoms with E-state index in [1.165, 1.54) is 0 Å². The predicted octanol–water partition coefficient (Wildman–Crippen LogP) is 0.819. The second-order valence-electron chi connectivity index (χ2n) is 9.07. The van der Waals surface area contributed by atoms with Gasteiger partial charge < -0.3 is 40.9 Å². The van der Waals surface area contributed by atoms with Gasteiger partial charge in [0.15, 0.2) is 5.96 Å². The molecule has 0 unspecified atom stereocenters. The molecule has 0 radical (unpaired) electrons. The van der Waals surface area contributed by atoms with Gasteiger partial charge in [-0.3, -0.25) is 9.36 Å². The Kier molecular flexibility index (Phi) is 8.55. The summed E-state index contributed by atoms with van der Waals surface area (Å²) in [6, 6.07) is 10.8. The number of ether oxygens (including phenoxy) is 1.